The molecule has 0 unspecified atom stereocenters. The molecule has 0 aromatic rings. The molecular formula is C10H20N2O3. The van der Waals surface area contributed by atoms with Crippen molar-refractivity contribution in [1.29, 1.82) is 0 Å². The van der Waals surface area contributed by atoms with E-state index in [2.05, 4.69) is 24.5 Å². The number of carbonyl (C=O) groups excluding carboxylic acids is 1. The van der Waals surface area contributed by atoms with E-state index in [1.807, 2.05) is 0 Å². The minimum atomic E-state index is -1.03. The lowest BCUT2D eigenvalue weighted by atomic mass is 10.0. The van der Waals surface area contributed by atoms with Crippen LogP contribution in [0.15, 0.2) is 0 Å². The van der Waals surface area contributed by atoms with Gasteiger partial charge in [0, 0.05) is 6.54 Å². The topological polar surface area (TPSA) is 78.4 Å². The van der Waals surface area contributed by atoms with Crippen LogP contribution in [0.3, 0.4) is 0 Å². The molecule has 0 aromatic heterocycles. The number of carboxylic acids is 1. The predicted octanol–water partition coefficient (Wildman–Crippen LogP) is 1.19. The number of carboxylic acid groups (broad SMARTS) is 1. The molecule has 0 aliphatic carbocycles. The number of nitrogens with one attached hydrogen (secondary N) is 2. The Labute approximate surface area is 90.2 Å². The third-order valence-corrected chi connectivity index (χ3v) is 2.42. The number of hydrogen-bond donors (Lipinski definition) is 3. The van der Waals surface area contributed by atoms with Gasteiger partial charge in [-0.25, -0.2) is 4.79 Å². The third kappa shape index (κ3) is 5.93. The lowest BCUT2D eigenvalue weighted by Crippen LogP contribution is -2.45. The fourth-order valence-corrected chi connectivity index (χ4v) is 1.12. The number of urea groups is 1. The van der Waals surface area contributed by atoms with E-state index >= 15 is 0 Å². The van der Waals surface area contributed by atoms with Crippen molar-refractivity contribution in [2.45, 2.75) is 39.7 Å². The molecule has 0 aromatic carbocycles. The molecule has 0 radical (unpaired) electrons. The summed E-state index contributed by atoms with van der Waals surface area (Å²) in [6.45, 7) is 6.14. The highest BCUT2D eigenvalue weighted by molar-refractivity contribution is 5.82. The normalized spacial score (nSPS) is 12.3. The molecule has 0 heterocycles. The molecule has 0 spiro atoms. The van der Waals surface area contributed by atoms with Crippen LogP contribution in [-0.2, 0) is 4.79 Å². The number of amides is 2. The molecule has 0 fully saturated rings. The Morgan fingerprint density at radius 1 is 1.27 bits per heavy atom. The summed E-state index contributed by atoms with van der Waals surface area (Å²) in [5.74, 6) is -0.580. The second-order valence-corrected chi connectivity index (χ2v) is 3.60. The molecule has 1 atom stereocenters. The monoisotopic (exact) mass is 216 g/mol. The Hall–Kier alpha value is -1.26. The highest BCUT2D eigenvalue weighted by Crippen LogP contribution is 2.04. The van der Waals surface area contributed by atoms with Crippen LogP contribution in [-0.4, -0.2) is 29.7 Å². The van der Waals surface area contributed by atoms with E-state index in [4.69, 9.17) is 5.11 Å². The molecule has 5 heteroatoms. The summed E-state index contributed by atoms with van der Waals surface area (Å²) in [6.07, 6.45) is 2.01. The maximum absolute atomic E-state index is 11.2. The average molecular weight is 216 g/mol. The maximum Gasteiger partial charge on any atom is 0.325 e. The molecule has 15 heavy (non-hydrogen) atoms. The van der Waals surface area contributed by atoms with E-state index in [-0.39, 0.29) is 0 Å². The summed E-state index contributed by atoms with van der Waals surface area (Å²) in [4.78, 5) is 21.7. The van der Waals surface area contributed by atoms with E-state index in [1.54, 1.807) is 0 Å². The van der Waals surface area contributed by atoms with Gasteiger partial charge in [-0.05, 0) is 12.8 Å². The SMILES string of the molecule is CCC(CC)CNC(=O)N[C@H](C)C(=O)O. The van der Waals surface area contributed by atoms with Gasteiger partial charge >= 0.3 is 12.0 Å². The lowest BCUT2D eigenvalue weighted by molar-refractivity contribution is -0.138. The minimum Gasteiger partial charge on any atom is -0.480 e. The Morgan fingerprint density at radius 2 is 1.80 bits per heavy atom. The van der Waals surface area contributed by atoms with Crippen LogP contribution in [0, 0.1) is 5.92 Å². The first-order valence-corrected chi connectivity index (χ1v) is 5.28. The zero-order valence-corrected chi connectivity index (χ0v) is 9.54. The van der Waals surface area contributed by atoms with Gasteiger partial charge in [0.2, 0.25) is 0 Å². The van der Waals surface area contributed by atoms with Crippen molar-refractivity contribution < 1.29 is 14.7 Å². The molecule has 5 nitrogen and oxygen atoms in total. The summed E-state index contributed by atoms with van der Waals surface area (Å²) < 4.78 is 0. The standard InChI is InChI=1S/C10H20N2O3/c1-4-8(5-2)6-11-10(15)12-7(3)9(13)14/h7-8H,4-6H2,1-3H3,(H,13,14)(H2,11,12,15)/t7-/m1/s1. The number of carbonyl (C=O) groups is 2. The Balaban J connectivity index is 3.79. The fourth-order valence-electron chi connectivity index (χ4n) is 1.12. The predicted molar refractivity (Wildman–Crippen MR) is 57.7 cm³/mol. The zero-order valence-electron chi connectivity index (χ0n) is 9.54. The van der Waals surface area contributed by atoms with E-state index in [0.29, 0.717) is 12.5 Å². The van der Waals surface area contributed by atoms with E-state index in [1.165, 1.54) is 6.92 Å². The van der Waals surface area contributed by atoms with Gasteiger partial charge < -0.3 is 15.7 Å². The van der Waals surface area contributed by atoms with Crippen molar-refractivity contribution in [3.63, 3.8) is 0 Å². The third-order valence-electron chi connectivity index (χ3n) is 2.42. The van der Waals surface area contributed by atoms with Gasteiger partial charge in [0.05, 0.1) is 0 Å². The molecular weight excluding hydrogens is 196 g/mol. The maximum atomic E-state index is 11.2. The van der Waals surface area contributed by atoms with Gasteiger partial charge in [-0.3, -0.25) is 4.79 Å². The van der Waals surface area contributed by atoms with Crippen molar-refractivity contribution in [1.82, 2.24) is 10.6 Å². The molecule has 0 aliphatic rings. The summed E-state index contributed by atoms with van der Waals surface area (Å²) in [5.41, 5.74) is 0. The first-order chi connectivity index (χ1) is 7.01. The first-order valence-electron chi connectivity index (χ1n) is 5.28. The van der Waals surface area contributed by atoms with E-state index in [0.717, 1.165) is 12.8 Å². The van der Waals surface area contributed by atoms with Gasteiger partial charge in [0.1, 0.15) is 6.04 Å². The summed E-state index contributed by atoms with van der Waals surface area (Å²) in [6, 6.07) is -1.27. The quantitative estimate of drug-likeness (QED) is 0.624. The zero-order chi connectivity index (χ0) is 11.8. The second kappa shape index (κ2) is 7.09. The lowest BCUT2D eigenvalue weighted by Gasteiger charge is -2.15. The summed E-state index contributed by atoms with van der Waals surface area (Å²) >= 11 is 0. The molecule has 88 valence electrons. The number of aliphatic carboxylic acids is 1. The summed E-state index contributed by atoms with van der Waals surface area (Å²) in [7, 11) is 0. The van der Waals surface area contributed by atoms with E-state index in [9.17, 15) is 9.59 Å². The van der Waals surface area contributed by atoms with Crippen molar-refractivity contribution in [3.8, 4) is 0 Å². The molecule has 0 aliphatic heterocycles. The molecule has 0 saturated heterocycles. The molecule has 0 bridgehead atoms. The van der Waals surface area contributed by atoms with Gasteiger partial charge in [-0.2, -0.15) is 0 Å². The highest BCUT2D eigenvalue weighted by atomic mass is 16.4. The molecule has 3 N–H and O–H groups in total. The number of rotatable bonds is 6. The second-order valence-electron chi connectivity index (χ2n) is 3.60. The van der Waals surface area contributed by atoms with Gasteiger partial charge in [0.15, 0.2) is 0 Å². The van der Waals surface area contributed by atoms with Crippen LogP contribution >= 0.6 is 0 Å². The Kier molecular flexibility index (Phi) is 6.49. The Bertz CT molecular complexity index is 215. The number of hydrogen-bond acceptors (Lipinski definition) is 2. The average Bonchev–Trinajstić information content (AvgIpc) is 2.19. The van der Waals surface area contributed by atoms with Crippen LogP contribution in [0.2, 0.25) is 0 Å². The first kappa shape index (κ1) is 13.7. The minimum absolute atomic E-state index is 0.420. The molecule has 0 saturated carbocycles. The van der Waals surface area contributed by atoms with Gasteiger partial charge in [-0.1, -0.05) is 26.7 Å². The largest absolute Gasteiger partial charge is 0.480 e. The molecule has 0 rings (SSSR count). The van der Waals surface area contributed by atoms with Crippen LogP contribution in [0.4, 0.5) is 4.79 Å². The molecule has 2 amide bonds. The van der Waals surface area contributed by atoms with Crippen molar-refractivity contribution in [2.24, 2.45) is 5.92 Å². The van der Waals surface area contributed by atoms with Crippen LogP contribution in [0.5, 0.6) is 0 Å². The van der Waals surface area contributed by atoms with Crippen molar-refractivity contribution >= 4 is 12.0 Å². The van der Waals surface area contributed by atoms with Crippen molar-refractivity contribution in [3.05, 3.63) is 0 Å². The van der Waals surface area contributed by atoms with Crippen molar-refractivity contribution in [2.75, 3.05) is 6.54 Å². The van der Waals surface area contributed by atoms with Gasteiger partial charge in [-0.15, -0.1) is 0 Å². The van der Waals surface area contributed by atoms with E-state index < -0.39 is 18.0 Å². The van der Waals surface area contributed by atoms with Gasteiger partial charge in [0.25, 0.3) is 0 Å². The smallest absolute Gasteiger partial charge is 0.325 e. The highest BCUT2D eigenvalue weighted by Gasteiger charge is 2.14. The van der Waals surface area contributed by atoms with Crippen LogP contribution < -0.4 is 10.6 Å². The Morgan fingerprint density at radius 3 is 2.20 bits per heavy atom. The van der Waals surface area contributed by atoms with Crippen LogP contribution in [0.25, 0.3) is 0 Å². The summed E-state index contributed by atoms with van der Waals surface area (Å²) in [5, 5.41) is 13.5. The van der Waals surface area contributed by atoms with Crippen LogP contribution in [0.1, 0.15) is 33.6 Å². The fraction of sp³-hybridized carbons (Fsp3) is 0.800.